The molecule has 0 bridgehead atoms. The van der Waals surface area contributed by atoms with Crippen LogP contribution in [0.5, 0.6) is 17.2 Å². The number of methoxy groups -OCH3 is 1. The average Bonchev–Trinajstić information content (AvgIpc) is 2.87. The third-order valence-corrected chi connectivity index (χ3v) is 7.65. The van der Waals surface area contributed by atoms with Gasteiger partial charge in [0, 0.05) is 42.0 Å². The molecule has 0 spiro atoms. The average molecular weight is 532 g/mol. The van der Waals surface area contributed by atoms with E-state index in [1.165, 1.54) is 25.3 Å². The number of hydrogen-bond donors (Lipinski definition) is 7. The second-order valence-corrected chi connectivity index (χ2v) is 10.0. The monoisotopic (exact) mass is 531 g/mol. The Kier molecular flexibility index (Phi) is 6.47. The first-order chi connectivity index (χ1) is 17.9. The molecule has 6 atom stereocenters. The number of aliphatic hydroxyl groups is 4. The summed E-state index contributed by atoms with van der Waals surface area (Å²) in [5.41, 5.74) is 2.38. The van der Waals surface area contributed by atoms with E-state index in [2.05, 4.69) is 0 Å². The molecule has 4 unspecified atom stereocenters. The van der Waals surface area contributed by atoms with E-state index in [1.807, 2.05) is 0 Å². The number of carbonyl (C=O) groups excluding carboxylic acids is 2. The lowest BCUT2D eigenvalue weighted by molar-refractivity contribution is -0.260. The van der Waals surface area contributed by atoms with Crippen LogP contribution in [0.1, 0.15) is 68.8 Å². The van der Waals surface area contributed by atoms with Gasteiger partial charge in [-0.2, -0.15) is 0 Å². The highest BCUT2D eigenvalue weighted by molar-refractivity contribution is 6.31. The minimum Gasteiger partial charge on any atom is -0.507 e. The number of benzene rings is 2. The van der Waals surface area contributed by atoms with Gasteiger partial charge >= 0.3 is 0 Å². The highest BCUT2D eigenvalue weighted by Gasteiger charge is 2.50. The number of fused-ring (bicyclic) bond motifs is 3. The number of aromatic hydroxyl groups is 2. The molecule has 12 heteroatoms. The summed E-state index contributed by atoms with van der Waals surface area (Å²) in [6.45, 7) is 1.58. The van der Waals surface area contributed by atoms with Crippen LogP contribution >= 0.6 is 0 Å². The van der Waals surface area contributed by atoms with Crippen LogP contribution in [-0.2, 0) is 15.9 Å². The van der Waals surface area contributed by atoms with Gasteiger partial charge < -0.3 is 50.6 Å². The van der Waals surface area contributed by atoms with Crippen molar-refractivity contribution in [3.63, 3.8) is 0 Å². The number of carbonyl (C=O) groups is 2. The van der Waals surface area contributed by atoms with Crippen molar-refractivity contribution in [2.75, 3.05) is 7.11 Å². The standard InChI is InChI=1S/C26H29NO11/c1-9-20(28)12(27)6-15(37-9)38-14-8-26(35,25(33)34)7-11-17(14)24(32)19-18(22(11)30)21(29)10-4-3-5-13(36-2)16(10)23(19)31/h3-5,9,12,14-15,20,25,28,30,32-35H,6-8,27H2,1-2H3/t9?,12?,14-,15?,20?,26-/m0/s1. The van der Waals surface area contributed by atoms with Gasteiger partial charge in [-0.15, -0.1) is 0 Å². The summed E-state index contributed by atoms with van der Waals surface area (Å²) in [7, 11) is 1.32. The van der Waals surface area contributed by atoms with E-state index in [0.29, 0.717) is 0 Å². The van der Waals surface area contributed by atoms with E-state index < -0.39 is 89.6 Å². The van der Waals surface area contributed by atoms with Gasteiger partial charge in [-0.3, -0.25) is 9.59 Å². The largest absolute Gasteiger partial charge is 0.507 e. The molecule has 5 rings (SSSR count). The first-order valence-electron chi connectivity index (χ1n) is 12.1. The predicted octanol–water partition coefficient (Wildman–Crippen LogP) is -0.249. The molecule has 0 radical (unpaired) electrons. The maximum atomic E-state index is 13.6. The summed E-state index contributed by atoms with van der Waals surface area (Å²) in [6.07, 6.45) is -7.36. The van der Waals surface area contributed by atoms with Crippen LogP contribution in [0, 0.1) is 0 Å². The van der Waals surface area contributed by atoms with Crippen LogP contribution in [0.25, 0.3) is 0 Å². The van der Waals surface area contributed by atoms with E-state index in [0.717, 1.165) is 0 Å². The molecule has 12 nitrogen and oxygen atoms in total. The number of ketones is 2. The highest BCUT2D eigenvalue weighted by Crippen LogP contribution is 2.52. The zero-order chi connectivity index (χ0) is 27.7. The summed E-state index contributed by atoms with van der Waals surface area (Å²) in [4.78, 5) is 27.1. The SMILES string of the molecule is COc1cccc2c1C(=O)c1c(O)c3c(c(O)c1C2=O)C[C@@](O)(C(O)O)C[C@@H]3OC1CC(N)C(O)C(C)O1. The summed E-state index contributed by atoms with van der Waals surface area (Å²) < 4.78 is 16.9. The zero-order valence-electron chi connectivity index (χ0n) is 20.6. The third-order valence-electron chi connectivity index (χ3n) is 7.65. The van der Waals surface area contributed by atoms with Gasteiger partial charge in [0.05, 0.1) is 42.1 Å². The van der Waals surface area contributed by atoms with Crippen molar-refractivity contribution in [2.45, 2.75) is 68.7 Å². The maximum Gasteiger partial charge on any atom is 0.202 e. The topological polar surface area (TPSA) is 209 Å². The van der Waals surface area contributed by atoms with Crippen molar-refractivity contribution < 1.29 is 54.4 Å². The fourth-order valence-corrected chi connectivity index (χ4v) is 5.62. The Balaban J connectivity index is 1.68. The quantitative estimate of drug-likeness (QED) is 0.172. The van der Waals surface area contributed by atoms with Crippen LogP contribution in [0.3, 0.4) is 0 Å². The van der Waals surface area contributed by atoms with Gasteiger partial charge in [0.25, 0.3) is 0 Å². The lowest BCUT2D eigenvalue weighted by atomic mass is 9.72. The van der Waals surface area contributed by atoms with Crippen LogP contribution in [0.15, 0.2) is 18.2 Å². The molecular weight excluding hydrogens is 502 g/mol. The molecule has 3 aliphatic rings. The first-order valence-corrected chi connectivity index (χ1v) is 12.1. The van der Waals surface area contributed by atoms with E-state index in [-0.39, 0.29) is 34.4 Å². The fourth-order valence-electron chi connectivity index (χ4n) is 5.62. The van der Waals surface area contributed by atoms with Gasteiger partial charge in [-0.1, -0.05) is 12.1 Å². The number of hydrogen-bond acceptors (Lipinski definition) is 12. The molecular formula is C26H29NO11. The van der Waals surface area contributed by atoms with E-state index in [9.17, 15) is 40.2 Å². The highest BCUT2D eigenvalue weighted by atomic mass is 16.7. The Labute approximate surface area is 216 Å². The van der Waals surface area contributed by atoms with Crippen molar-refractivity contribution in [1.29, 1.82) is 0 Å². The molecule has 2 aromatic rings. The van der Waals surface area contributed by atoms with Gasteiger partial charge in [-0.05, 0) is 13.0 Å². The van der Waals surface area contributed by atoms with Crippen LogP contribution < -0.4 is 10.5 Å². The molecule has 2 aliphatic carbocycles. The fraction of sp³-hybridized carbons (Fsp3) is 0.462. The van der Waals surface area contributed by atoms with E-state index in [1.54, 1.807) is 6.92 Å². The van der Waals surface area contributed by atoms with Crippen molar-refractivity contribution in [3.8, 4) is 17.2 Å². The molecule has 0 amide bonds. The van der Waals surface area contributed by atoms with Gasteiger partial charge in [0.2, 0.25) is 5.78 Å². The minimum absolute atomic E-state index is 0.0249. The Morgan fingerprint density at radius 2 is 1.79 bits per heavy atom. The van der Waals surface area contributed by atoms with Crippen LogP contribution in [-0.4, -0.2) is 85.7 Å². The lowest BCUT2D eigenvalue weighted by Gasteiger charge is -2.43. The molecule has 0 saturated carbocycles. The normalized spacial score (nSPS) is 30.6. The van der Waals surface area contributed by atoms with E-state index >= 15 is 0 Å². The number of nitrogens with two attached hydrogens (primary N) is 1. The first kappa shape index (κ1) is 26.5. The Bertz CT molecular complexity index is 1310. The van der Waals surface area contributed by atoms with Crippen molar-refractivity contribution in [3.05, 3.63) is 51.6 Å². The van der Waals surface area contributed by atoms with E-state index in [4.69, 9.17) is 19.9 Å². The summed E-state index contributed by atoms with van der Waals surface area (Å²) in [6, 6.07) is 3.65. The molecule has 0 aromatic heterocycles. The molecule has 8 N–H and O–H groups in total. The second kappa shape index (κ2) is 9.27. The molecule has 2 aromatic carbocycles. The predicted molar refractivity (Wildman–Crippen MR) is 128 cm³/mol. The maximum absolute atomic E-state index is 13.6. The smallest absolute Gasteiger partial charge is 0.202 e. The van der Waals surface area contributed by atoms with Crippen LogP contribution in [0.2, 0.25) is 0 Å². The molecule has 1 heterocycles. The summed E-state index contributed by atoms with van der Waals surface area (Å²) >= 11 is 0. The molecule has 1 aliphatic heterocycles. The summed E-state index contributed by atoms with van der Waals surface area (Å²) in [5.74, 6) is -2.78. The van der Waals surface area contributed by atoms with Gasteiger partial charge in [0.15, 0.2) is 18.4 Å². The Morgan fingerprint density at radius 3 is 2.42 bits per heavy atom. The number of phenolic OH excluding ortho intramolecular Hbond substituents is 2. The number of rotatable bonds is 4. The Morgan fingerprint density at radius 1 is 1.11 bits per heavy atom. The third kappa shape index (κ3) is 3.88. The zero-order valence-corrected chi connectivity index (χ0v) is 20.6. The number of phenols is 2. The molecule has 1 fully saturated rings. The number of aliphatic hydroxyl groups excluding tert-OH is 2. The van der Waals surface area contributed by atoms with Crippen molar-refractivity contribution in [1.82, 2.24) is 0 Å². The molecule has 38 heavy (non-hydrogen) atoms. The van der Waals surface area contributed by atoms with Gasteiger partial charge in [0.1, 0.15) is 22.8 Å². The van der Waals surface area contributed by atoms with Crippen molar-refractivity contribution in [2.24, 2.45) is 5.73 Å². The molecule has 1 saturated heterocycles. The molecule has 204 valence electrons. The van der Waals surface area contributed by atoms with Gasteiger partial charge in [-0.25, -0.2) is 0 Å². The van der Waals surface area contributed by atoms with Crippen LogP contribution in [0.4, 0.5) is 0 Å². The minimum atomic E-state index is -2.28. The second-order valence-electron chi connectivity index (χ2n) is 10.0. The summed E-state index contributed by atoms with van der Waals surface area (Å²) in [5, 5.41) is 63.8. The van der Waals surface area contributed by atoms with Crippen molar-refractivity contribution >= 4 is 11.6 Å². The Hall–Kier alpha value is -3.10. The number of ether oxygens (including phenoxy) is 3. The lowest BCUT2D eigenvalue weighted by Crippen LogP contribution is -2.53.